The molecule has 0 spiro atoms. The molecule has 0 saturated carbocycles. The van der Waals surface area contributed by atoms with E-state index in [1.807, 2.05) is 36.4 Å². The number of alkyl halides is 2. The van der Waals surface area contributed by atoms with E-state index in [1.165, 1.54) is 0 Å². The maximum absolute atomic E-state index is 12.2. The standard InChI is InChI=1S/C16H15Cl2N3OS/c17-13(18)14(20-15(22)11-7-3-1-4-8-11)21-16(23)19-12-9-5-2-6-10-12/h1-10,13-14H,(H,20,22)(H2,19,21,23)/t14-/m0/s1. The van der Waals surface area contributed by atoms with Crippen LogP contribution in [0, 0.1) is 0 Å². The van der Waals surface area contributed by atoms with Gasteiger partial charge in [0.05, 0.1) is 0 Å². The van der Waals surface area contributed by atoms with Crippen LogP contribution in [0.25, 0.3) is 0 Å². The van der Waals surface area contributed by atoms with Crippen LogP contribution in [0.3, 0.4) is 0 Å². The molecule has 1 amide bonds. The summed E-state index contributed by atoms with van der Waals surface area (Å²) in [6, 6.07) is 18.2. The maximum atomic E-state index is 12.2. The predicted molar refractivity (Wildman–Crippen MR) is 99.0 cm³/mol. The Balaban J connectivity index is 1.96. The van der Waals surface area contributed by atoms with Crippen molar-refractivity contribution in [1.29, 1.82) is 0 Å². The van der Waals surface area contributed by atoms with Crippen LogP contribution < -0.4 is 16.0 Å². The van der Waals surface area contributed by atoms with Gasteiger partial charge in [0.25, 0.3) is 5.91 Å². The molecule has 0 unspecified atom stereocenters. The average Bonchev–Trinajstić information content (AvgIpc) is 2.55. The van der Waals surface area contributed by atoms with E-state index in [1.54, 1.807) is 24.3 Å². The summed E-state index contributed by atoms with van der Waals surface area (Å²) in [6.45, 7) is 0. The van der Waals surface area contributed by atoms with Crippen molar-refractivity contribution in [3.63, 3.8) is 0 Å². The van der Waals surface area contributed by atoms with E-state index in [0.29, 0.717) is 10.7 Å². The molecule has 0 saturated heterocycles. The molecule has 0 aliphatic carbocycles. The third kappa shape index (κ3) is 5.71. The minimum absolute atomic E-state index is 0.295. The molecule has 0 aromatic heterocycles. The Morgan fingerprint density at radius 2 is 1.48 bits per heavy atom. The summed E-state index contributed by atoms with van der Waals surface area (Å²) in [5, 5.41) is 8.90. The number of thiocarbonyl (C=S) groups is 1. The Labute approximate surface area is 150 Å². The molecule has 0 aliphatic rings. The first-order valence-corrected chi connectivity index (χ1v) is 8.11. The Kier molecular flexibility index (Phi) is 6.65. The molecular weight excluding hydrogens is 353 g/mol. The lowest BCUT2D eigenvalue weighted by atomic mass is 10.2. The quantitative estimate of drug-likeness (QED) is 0.429. The van der Waals surface area contributed by atoms with Crippen LogP contribution in [0.5, 0.6) is 0 Å². The Hall–Kier alpha value is -1.82. The van der Waals surface area contributed by atoms with Gasteiger partial charge in [0, 0.05) is 11.3 Å². The number of benzene rings is 2. The SMILES string of the molecule is O=C(N[C@@H](NC(=S)Nc1ccccc1)C(Cl)Cl)c1ccccc1. The van der Waals surface area contributed by atoms with Crippen LogP contribution in [0.4, 0.5) is 5.69 Å². The van der Waals surface area contributed by atoms with E-state index in [0.717, 1.165) is 5.69 Å². The van der Waals surface area contributed by atoms with Crippen LogP contribution >= 0.6 is 35.4 Å². The van der Waals surface area contributed by atoms with Gasteiger partial charge in [-0.3, -0.25) is 4.79 Å². The van der Waals surface area contributed by atoms with Crippen LogP contribution in [0.2, 0.25) is 0 Å². The highest BCUT2D eigenvalue weighted by atomic mass is 35.5. The zero-order chi connectivity index (χ0) is 16.7. The van der Waals surface area contributed by atoms with Gasteiger partial charge in [-0.05, 0) is 36.5 Å². The smallest absolute Gasteiger partial charge is 0.252 e. The molecule has 23 heavy (non-hydrogen) atoms. The molecule has 0 fully saturated rings. The molecule has 0 radical (unpaired) electrons. The number of anilines is 1. The molecule has 0 heterocycles. The van der Waals surface area contributed by atoms with Crippen molar-refractivity contribution >= 4 is 52.1 Å². The van der Waals surface area contributed by atoms with Crippen molar-refractivity contribution in [2.24, 2.45) is 0 Å². The number of halogens is 2. The fourth-order valence-corrected chi connectivity index (χ4v) is 2.30. The van der Waals surface area contributed by atoms with Gasteiger partial charge in [-0.15, -0.1) is 23.2 Å². The first kappa shape index (κ1) is 17.5. The van der Waals surface area contributed by atoms with Gasteiger partial charge in [0.2, 0.25) is 0 Å². The first-order valence-electron chi connectivity index (χ1n) is 6.83. The number of nitrogens with one attached hydrogen (secondary N) is 3. The monoisotopic (exact) mass is 367 g/mol. The molecule has 120 valence electrons. The number of carbonyl (C=O) groups is 1. The van der Waals surface area contributed by atoms with E-state index in [4.69, 9.17) is 35.4 Å². The lowest BCUT2D eigenvalue weighted by Crippen LogP contribution is -2.52. The zero-order valence-corrected chi connectivity index (χ0v) is 14.3. The van der Waals surface area contributed by atoms with Crippen molar-refractivity contribution < 1.29 is 4.79 Å². The van der Waals surface area contributed by atoms with Crippen LogP contribution in [-0.2, 0) is 0 Å². The average molecular weight is 368 g/mol. The molecule has 1 atom stereocenters. The number of hydrogen-bond donors (Lipinski definition) is 3. The Morgan fingerprint density at radius 1 is 0.913 bits per heavy atom. The zero-order valence-electron chi connectivity index (χ0n) is 12.0. The molecule has 0 aliphatic heterocycles. The number of hydrogen-bond acceptors (Lipinski definition) is 2. The fourth-order valence-electron chi connectivity index (χ4n) is 1.81. The van der Waals surface area contributed by atoms with Crippen molar-refractivity contribution in [2.45, 2.75) is 11.0 Å². The highest BCUT2D eigenvalue weighted by Gasteiger charge is 2.20. The third-order valence-electron chi connectivity index (χ3n) is 2.89. The van der Waals surface area contributed by atoms with E-state index >= 15 is 0 Å². The van der Waals surface area contributed by atoms with Crippen LogP contribution in [-0.4, -0.2) is 22.0 Å². The minimum Gasteiger partial charge on any atom is -0.340 e. The van der Waals surface area contributed by atoms with Crippen LogP contribution in [0.1, 0.15) is 10.4 Å². The van der Waals surface area contributed by atoms with Gasteiger partial charge in [0.1, 0.15) is 11.0 Å². The lowest BCUT2D eigenvalue weighted by molar-refractivity contribution is 0.0936. The maximum Gasteiger partial charge on any atom is 0.252 e. The van der Waals surface area contributed by atoms with Gasteiger partial charge in [-0.2, -0.15) is 0 Å². The molecule has 4 nitrogen and oxygen atoms in total. The minimum atomic E-state index is -0.877. The summed E-state index contributed by atoms with van der Waals surface area (Å²) < 4.78 is 0. The molecule has 7 heteroatoms. The summed E-state index contributed by atoms with van der Waals surface area (Å²) in [6.07, 6.45) is -0.727. The topological polar surface area (TPSA) is 53.2 Å². The molecule has 2 aromatic carbocycles. The third-order valence-corrected chi connectivity index (χ3v) is 3.62. The molecule has 2 aromatic rings. The number of rotatable bonds is 5. The highest BCUT2D eigenvalue weighted by molar-refractivity contribution is 7.80. The Bertz CT molecular complexity index is 653. The van der Waals surface area contributed by atoms with Gasteiger partial charge in [-0.1, -0.05) is 36.4 Å². The van der Waals surface area contributed by atoms with Crippen molar-refractivity contribution in [1.82, 2.24) is 10.6 Å². The van der Waals surface area contributed by atoms with E-state index in [9.17, 15) is 4.79 Å². The largest absolute Gasteiger partial charge is 0.340 e. The summed E-state index contributed by atoms with van der Waals surface area (Å²) in [7, 11) is 0. The van der Waals surface area contributed by atoms with Crippen molar-refractivity contribution in [2.75, 3.05) is 5.32 Å². The second-order valence-corrected chi connectivity index (χ2v) is 6.19. The Morgan fingerprint density at radius 3 is 2.04 bits per heavy atom. The van der Waals surface area contributed by atoms with Crippen molar-refractivity contribution in [3.05, 3.63) is 66.2 Å². The van der Waals surface area contributed by atoms with Gasteiger partial charge in [-0.25, -0.2) is 0 Å². The van der Waals surface area contributed by atoms with Gasteiger partial charge >= 0.3 is 0 Å². The predicted octanol–water partition coefficient (Wildman–Crippen LogP) is 3.53. The highest BCUT2D eigenvalue weighted by Crippen LogP contribution is 2.09. The first-order chi connectivity index (χ1) is 11.1. The van der Waals surface area contributed by atoms with Crippen LogP contribution in [0.15, 0.2) is 60.7 Å². The van der Waals surface area contributed by atoms with E-state index in [-0.39, 0.29) is 5.91 Å². The number of carbonyl (C=O) groups excluding carboxylic acids is 1. The van der Waals surface area contributed by atoms with E-state index < -0.39 is 11.0 Å². The molecule has 0 bridgehead atoms. The second-order valence-electron chi connectivity index (χ2n) is 4.62. The van der Waals surface area contributed by atoms with E-state index in [2.05, 4.69) is 16.0 Å². The summed E-state index contributed by atoms with van der Waals surface area (Å²) in [5.74, 6) is -0.295. The van der Waals surface area contributed by atoms with Gasteiger partial charge < -0.3 is 16.0 Å². The van der Waals surface area contributed by atoms with Crippen molar-refractivity contribution in [3.8, 4) is 0 Å². The summed E-state index contributed by atoms with van der Waals surface area (Å²) in [4.78, 5) is 11.3. The fraction of sp³-hybridized carbons (Fsp3) is 0.125. The number of amides is 1. The summed E-state index contributed by atoms with van der Waals surface area (Å²) >= 11 is 17.1. The molecule has 3 N–H and O–H groups in total. The summed E-state index contributed by atoms with van der Waals surface area (Å²) in [5.41, 5.74) is 1.33. The number of para-hydroxylation sites is 1. The lowest BCUT2D eigenvalue weighted by Gasteiger charge is -2.23. The molecular formula is C16H15Cl2N3OS. The second kappa shape index (κ2) is 8.72. The normalized spacial score (nSPS) is 11.6. The van der Waals surface area contributed by atoms with Gasteiger partial charge in [0.15, 0.2) is 5.11 Å². The molecule has 2 rings (SSSR count).